The Balaban J connectivity index is 2.24. The van der Waals surface area contributed by atoms with Crippen molar-refractivity contribution < 1.29 is 14.3 Å². The van der Waals surface area contributed by atoms with Gasteiger partial charge in [-0.25, -0.2) is 9.18 Å². The van der Waals surface area contributed by atoms with Crippen LogP contribution in [0.1, 0.15) is 31.4 Å². The second kappa shape index (κ2) is 8.62. The molecule has 1 aromatic carbocycles. The molecular weight excluding hydrogens is 271 g/mol. The maximum atomic E-state index is 13.0. The highest BCUT2D eigenvalue weighted by Crippen LogP contribution is 2.10. The van der Waals surface area contributed by atoms with E-state index in [0.29, 0.717) is 25.9 Å². The maximum Gasteiger partial charge on any atom is 0.314 e. The van der Waals surface area contributed by atoms with Crippen molar-refractivity contribution in [2.45, 2.75) is 39.7 Å². The number of aliphatic hydroxyl groups excluding tert-OH is 1. The summed E-state index contributed by atoms with van der Waals surface area (Å²) in [7, 11) is 0. The molecule has 0 saturated carbocycles. The van der Waals surface area contributed by atoms with Crippen LogP contribution in [0.15, 0.2) is 18.2 Å². The van der Waals surface area contributed by atoms with Crippen molar-refractivity contribution in [3.63, 3.8) is 0 Å². The Morgan fingerprint density at radius 3 is 2.67 bits per heavy atom. The smallest absolute Gasteiger partial charge is 0.314 e. The number of hydrogen-bond acceptors (Lipinski definition) is 2. The summed E-state index contributed by atoms with van der Waals surface area (Å²) in [5.41, 5.74) is 1.92. The number of benzene rings is 1. The van der Waals surface area contributed by atoms with Gasteiger partial charge in [0.05, 0.1) is 6.10 Å². The van der Waals surface area contributed by atoms with Crippen LogP contribution >= 0.6 is 0 Å². The third-order valence-electron chi connectivity index (χ3n) is 3.34. The molecule has 3 N–H and O–H groups in total. The number of hydrogen-bond donors (Lipinski definition) is 3. The minimum Gasteiger partial charge on any atom is -0.393 e. The predicted octanol–water partition coefficient (Wildman–Crippen LogP) is 2.38. The van der Waals surface area contributed by atoms with Crippen LogP contribution in [0.4, 0.5) is 9.18 Å². The fraction of sp³-hybridized carbons (Fsp3) is 0.562. The first-order valence-electron chi connectivity index (χ1n) is 7.33. The van der Waals surface area contributed by atoms with E-state index < -0.39 is 0 Å². The van der Waals surface area contributed by atoms with Crippen molar-refractivity contribution in [2.24, 2.45) is 5.92 Å². The highest BCUT2D eigenvalue weighted by atomic mass is 19.1. The molecule has 0 spiro atoms. The Morgan fingerprint density at radius 2 is 2.05 bits per heavy atom. The molecule has 2 amide bonds. The van der Waals surface area contributed by atoms with E-state index in [-0.39, 0.29) is 23.9 Å². The Morgan fingerprint density at radius 1 is 1.33 bits per heavy atom. The van der Waals surface area contributed by atoms with Gasteiger partial charge in [-0.15, -0.1) is 0 Å². The fourth-order valence-corrected chi connectivity index (χ4v) is 2.25. The van der Waals surface area contributed by atoms with Gasteiger partial charge in [-0.2, -0.15) is 0 Å². The monoisotopic (exact) mass is 296 g/mol. The number of rotatable bonds is 7. The van der Waals surface area contributed by atoms with Gasteiger partial charge in [0, 0.05) is 13.1 Å². The van der Waals surface area contributed by atoms with Gasteiger partial charge < -0.3 is 15.7 Å². The van der Waals surface area contributed by atoms with Gasteiger partial charge in [0.1, 0.15) is 5.82 Å². The molecule has 5 heteroatoms. The first-order valence-corrected chi connectivity index (χ1v) is 7.33. The Kier molecular flexibility index (Phi) is 7.15. The maximum absolute atomic E-state index is 13.0. The van der Waals surface area contributed by atoms with Crippen LogP contribution in [0.2, 0.25) is 0 Å². The van der Waals surface area contributed by atoms with Crippen LogP contribution in [0.25, 0.3) is 0 Å². The van der Waals surface area contributed by atoms with Crippen LogP contribution in [-0.4, -0.2) is 30.3 Å². The molecule has 1 rings (SSSR count). The summed E-state index contributed by atoms with van der Waals surface area (Å²) in [6, 6.07) is 4.45. The topological polar surface area (TPSA) is 61.4 Å². The van der Waals surface area contributed by atoms with Gasteiger partial charge >= 0.3 is 6.03 Å². The highest BCUT2D eigenvalue weighted by Gasteiger charge is 2.08. The number of amides is 2. The molecule has 21 heavy (non-hydrogen) atoms. The minimum absolute atomic E-state index is 0.216. The quantitative estimate of drug-likeness (QED) is 0.723. The largest absolute Gasteiger partial charge is 0.393 e. The van der Waals surface area contributed by atoms with Crippen LogP contribution in [0.3, 0.4) is 0 Å². The molecule has 2 unspecified atom stereocenters. The first kappa shape index (κ1) is 17.4. The van der Waals surface area contributed by atoms with E-state index in [0.717, 1.165) is 11.1 Å². The van der Waals surface area contributed by atoms with Crippen molar-refractivity contribution in [1.82, 2.24) is 10.6 Å². The third kappa shape index (κ3) is 7.09. The Labute approximate surface area is 125 Å². The summed E-state index contributed by atoms with van der Waals surface area (Å²) in [5.74, 6) is -0.0101. The number of aliphatic hydroxyl groups is 1. The Hall–Kier alpha value is -1.62. The van der Waals surface area contributed by atoms with E-state index in [4.69, 9.17) is 0 Å². The lowest BCUT2D eigenvalue weighted by atomic mass is 10.1. The van der Waals surface area contributed by atoms with E-state index in [1.54, 1.807) is 13.0 Å². The van der Waals surface area contributed by atoms with E-state index in [9.17, 15) is 14.3 Å². The van der Waals surface area contributed by atoms with Gasteiger partial charge in [0.25, 0.3) is 0 Å². The van der Waals surface area contributed by atoms with Crippen LogP contribution in [-0.2, 0) is 6.42 Å². The van der Waals surface area contributed by atoms with E-state index in [1.165, 1.54) is 12.1 Å². The molecule has 0 aliphatic heterocycles. The van der Waals surface area contributed by atoms with E-state index >= 15 is 0 Å². The van der Waals surface area contributed by atoms with E-state index in [1.807, 2.05) is 13.8 Å². The number of aryl methyl sites for hydroxylation is 1. The SMILES string of the molecule is Cc1cc(F)ccc1CCNC(=O)NCC(C)CC(C)O. The number of halogens is 1. The predicted molar refractivity (Wildman–Crippen MR) is 81.7 cm³/mol. The van der Waals surface area contributed by atoms with Gasteiger partial charge in [-0.05, 0) is 55.9 Å². The minimum atomic E-state index is -0.355. The average molecular weight is 296 g/mol. The van der Waals surface area contributed by atoms with Gasteiger partial charge in [0.2, 0.25) is 0 Å². The van der Waals surface area contributed by atoms with Gasteiger partial charge in [-0.3, -0.25) is 0 Å². The average Bonchev–Trinajstić information content (AvgIpc) is 2.38. The van der Waals surface area contributed by atoms with Crippen molar-refractivity contribution in [3.05, 3.63) is 35.1 Å². The van der Waals surface area contributed by atoms with Crippen molar-refractivity contribution in [3.8, 4) is 0 Å². The first-order chi connectivity index (χ1) is 9.88. The molecule has 0 aromatic heterocycles. The molecule has 0 saturated heterocycles. The summed E-state index contributed by atoms with van der Waals surface area (Å²) in [5, 5.41) is 14.8. The zero-order chi connectivity index (χ0) is 15.8. The van der Waals surface area contributed by atoms with Crippen molar-refractivity contribution in [1.29, 1.82) is 0 Å². The van der Waals surface area contributed by atoms with Crippen LogP contribution in [0.5, 0.6) is 0 Å². The Bertz CT molecular complexity index is 464. The lowest BCUT2D eigenvalue weighted by Crippen LogP contribution is -2.39. The molecular formula is C16H25FN2O2. The lowest BCUT2D eigenvalue weighted by Gasteiger charge is -2.14. The van der Waals surface area contributed by atoms with Crippen molar-refractivity contribution in [2.75, 3.05) is 13.1 Å². The molecule has 0 bridgehead atoms. The van der Waals surface area contributed by atoms with Crippen LogP contribution < -0.4 is 10.6 Å². The number of urea groups is 1. The molecule has 0 fully saturated rings. The third-order valence-corrected chi connectivity index (χ3v) is 3.34. The lowest BCUT2D eigenvalue weighted by molar-refractivity contribution is 0.163. The molecule has 0 aliphatic rings. The molecule has 2 atom stereocenters. The molecule has 1 aromatic rings. The standard InChI is InChI=1S/C16H25FN2O2/c1-11(8-13(3)20)10-19-16(21)18-7-6-14-4-5-15(17)9-12(14)2/h4-5,9,11,13,20H,6-8,10H2,1-3H3,(H2,18,19,21). The summed E-state index contributed by atoms with van der Waals surface area (Å²) in [6.07, 6.45) is 0.976. The van der Waals surface area contributed by atoms with Gasteiger partial charge in [0.15, 0.2) is 0 Å². The number of carbonyl (C=O) groups is 1. The van der Waals surface area contributed by atoms with E-state index in [2.05, 4.69) is 10.6 Å². The molecule has 0 aliphatic carbocycles. The molecule has 118 valence electrons. The van der Waals surface area contributed by atoms with Crippen LogP contribution in [0, 0.1) is 18.7 Å². The molecule has 0 heterocycles. The molecule has 0 radical (unpaired) electrons. The normalized spacial score (nSPS) is 13.6. The summed E-state index contributed by atoms with van der Waals surface area (Å²) >= 11 is 0. The van der Waals surface area contributed by atoms with Crippen molar-refractivity contribution >= 4 is 6.03 Å². The summed E-state index contributed by atoms with van der Waals surface area (Å²) in [6.45, 7) is 6.61. The number of carbonyl (C=O) groups excluding carboxylic acids is 1. The van der Waals surface area contributed by atoms with Gasteiger partial charge in [-0.1, -0.05) is 13.0 Å². The zero-order valence-electron chi connectivity index (χ0n) is 12.9. The number of nitrogens with one attached hydrogen (secondary N) is 2. The summed E-state index contributed by atoms with van der Waals surface area (Å²) < 4.78 is 13.0. The second-order valence-electron chi connectivity index (χ2n) is 5.65. The zero-order valence-corrected chi connectivity index (χ0v) is 12.9. The molecule has 4 nitrogen and oxygen atoms in total. The summed E-state index contributed by atoms with van der Waals surface area (Å²) in [4.78, 5) is 11.6. The fourth-order valence-electron chi connectivity index (χ4n) is 2.25. The second-order valence-corrected chi connectivity index (χ2v) is 5.65. The highest BCUT2D eigenvalue weighted by molar-refractivity contribution is 5.73.